The summed E-state index contributed by atoms with van der Waals surface area (Å²) in [4.78, 5) is 3.29. The van der Waals surface area contributed by atoms with E-state index in [0.717, 1.165) is 23.8 Å². The minimum absolute atomic E-state index is 0.765. The topological polar surface area (TPSA) is 15.8 Å². The minimum Gasteiger partial charge on any atom is -0.361 e. The molecule has 0 saturated carbocycles. The fourth-order valence-corrected chi connectivity index (χ4v) is 2.83. The summed E-state index contributed by atoms with van der Waals surface area (Å²) in [5, 5.41) is 1.34. The van der Waals surface area contributed by atoms with Gasteiger partial charge in [-0.15, -0.1) is 11.6 Å². The van der Waals surface area contributed by atoms with Gasteiger partial charge in [-0.1, -0.05) is 18.2 Å². The van der Waals surface area contributed by atoms with Gasteiger partial charge in [-0.25, -0.2) is 0 Å². The lowest BCUT2D eigenvalue weighted by Gasteiger charge is -1.98. The predicted molar refractivity (Wildman–Crippen MR) is 69.8 cm³/mol. The van der Waals surface area contributed by atoms with E-state index in [1.807, 2.05) is 11.8 Å². The Morgan fingerprint density at radius 3 is 3.00 bits per heavy atom. The van der Waals surface area contributed by atoms with Crippen LogP contribution in [0.4, 0.5) is 0 Å². The fraction of sp³-hybridized carbons (Fsp3) is 0.333. The molecule has 3 heteroatoms. The van der Waals surface area contributed by atoms with E-state index in [0.29, 0.717) is 0 Å². The van der Waals surface area contributed by atoms with Crippen LogP contribution in [0.25, 0.3) is 10.9 Å². The second kappa shape index (κ2) is 5.47. The highest BCUT2D eigenvalue weighted by Gasteiger charge is 2.01. The van der Waals surface area contributed by atoms with Crippen LogP contribution in [-0.4, -0.2) is 16.6 Å². The molecular formula is C12H14ClNS. The molecule has 15 heavy (non-hydrogen) atoms. The van der Waals surface area contributed by atoms with Gasteiger partial charge < -0.3 is 4.98 Å². The van der Waals surface area contributed by atoms with Gasteiger partial charge in [0.05, 0.1) is 0 Å². The van der Waals surface area contributed by atoms with E-state index in [4.69, 9.17) is 11.6 Å². The summed E-state index contributed by atoms with van der Waals surface area (Å²) < 4.78 is 0. The van der Waals surface area contributed by atoms with Crippen molar-refractivity contribution in [2.75, 3.05) is 11.6 Å². The van der Waals surface area contributed by atoms with Gasteiger partial charge >= 0.3 is 0 Å². The van der Waals surface area contributed by atoms with Crippen LogP contribution in [0, 0.1) is 0 Å². The molecule has 80 valence electrons. The Balaban J connectivity index is 2.02. The first-order valence-corrected chi connectivity index (χ1v) is 6.79. The lowest BCUT2D eigenvalue weighted by atomic mass is 10.2. The summed E-state index contributed by atoms with van der Waals surface area (Å²) in [6.07, 6.45) is 3.20. The molecule has 0 radical (unpaired) electrons. The van der Waals surface area contributed by atoms with Gasteiger partial charge in [0, 0.05) is 28.7 Å². The third kappa shape index (κ3) is 2.70. The SMILES string of the molecule is ClCCCSCc1c[nH]c2ccccc12. The number of nitrogens with one attached hydrogen (secondary N) is 1. The molecule has 0 atom stereocenters. The van der Waals surface area contributed by atoms with E-state index in [2.05, 4.69) is 35.4 Å². The molecule has 0 bridgehead atoms. The first-order chi connectivity index (χ1) is 7.42. The van der Waals surface area contributed by atoms with Crippen molar-refractivity contribution < 1.29 is 0 Å². The summed E-state index contributed by atoms with van der Waals surface area (Å²) >= 11 is 7.58. The van der Waals surface area contributed by atoms with Crippen molar-refractivity contribution in [3.05, 3.63) is 36.0 Å². The third-order valence-corrected chi connectivity index (χ3v) is 3.71. The van der Waals surface area contributed by atoms with Crippen molar-refractivity contribution >= 4 is 34.3 Å². The molecule has 0 unspecified atom stereocenters. The highest BCUT2D eigenvalue weighted by Crippen LogP contribution is 2.22. The van der Waals surface area contributed by atoms with Crippen molar-refractivity contribution in [3.63, 3.8) is 0 Å². The first-order valence-electron chi connectivity index (χ1n) is 5.10. The summed E-state index contributed by atoms with van der Waals surface area (Å²) in [6.45, 7) is 0. The molecule has 0 fully saturated rings. The average molecular weight is 240 g/mol. The van der Waals surface area contributed by atoms with Gasteiger partial charge in [0.15, 0.2) is 0 Å². The lowest BCUT2D eigenvalue weighted by Crippen LogP contribution is -1.83. The third-order valence-electron chi connectivity index (χ3n) is 2.35. The van der Waals surface area contributed by atoms with E-state index in [9.17, 15) is 0 Å². The van der Waals surface area contributed by atoms with Crippen molar-refractivity contribution in [1.82, 2.24) is 4.98 Å². The zero-order valence-corrected chi connectivity index (χ0v) is 10.1. The molecule has 1 nitrogen and oxygen atoms in total. The normalized spacial score (nSPS) is 11.0. The quantitative estimate of drug-likeness (QED) is 0.615. The maximum absolute atomic E-state index is 5.64. The highest BCUT2D eigenvalue weighted by molar-refractivity contribution is 7.98. The van der Waals surface area contributed by atoms with E-state index in [-0.39, 0.29) is 0 Å². The Kier molecular flexibility index (Phi) is 3.98. The molecule has 0 saturated heterocycles. The van der Waals surface area contributed by atoms with Gasteiger partial charge in [-0.3, -0.25) is 0 Å². The smallest absolute Gasteiger partial charge is 0.0457 e. The van der Waals surface area contributed by atoms with Crippen LogP contribution < -0.4 is 0 Å². The van der Waals surface area contributed by atoms with Gasteiger partial charge in [0.25, 0.3) is 0 Å². The molecule has 1 aromatic heterocycles. The largest absolute Gasteiger partial charge is 0.361 e. The average Bonchev–Trinajstić information content (AvgIpc) is 2.68. The summed E-state index contributed by atoms with van der Waals surface area (Å²) in [6, 6.07) is 8.43. The monoisotopic (exact) mass is 239 g/mol. The van der Waals surface area contributed by atoms with E-state index in [1.165, 1.54) is 16.5 Å². The summed E-state index contributed by atoms with van der Waals surface area (Å²) in [5.41, 5.74) is 2.62. The van der Waals surface area contributed by atoms with Crippen LogP contribution in [0.15, 0.2) is 30.5 Å². The Hall–Kier alpha value is -0.600. The van der Waals surface area contributed by atoms with Gasteiger partial charge in [-0.05, 0) is 23.8 Å². The van der Waals surface area contributed by atoms with Crippen LogP contribution >= 0.6 is 23.4 Å². The Labute approximate surface area is 99.2 Å². The number of alkyl halides is 1. The van der Waals surface area contributed by atoms with Crippen LogP contribution in [-0.2, 0) is 5.75 Å². The van der Waals surface area contributed by atoms with Crippen LogP contribution in [0.2, 0.25) is 0 Å². The zero-order chi connectivity index (χ0) is 10.5. The van der Waals surface area contributed by atoms with Gasteiger partial charge in [0.2, 0.25) is 0 Å². The second-order valence-electron chi connectivity index (χ2n) is 3.45. The first kappa shape index (κ1) is 10.9. The summed E-state index contributed by atoms with van der Waals surface area (Å²) in [5.74, 6) is 2.98. The van der Waals surface area contributed by atoms with Crippen LogP contribution in [0.3, 0.4) is 0 Å². The van der Waals surface area contributed by atoms with Crippen LogP contribution in [0.5, 0.6) is 0 Å². The standard InChI is InChI=1S/C12H14ClNS/c13-6-3-7-15-9-10-8-14-12-5-2-1-4-11(10)12/h1-2,4-5,8,14H,3,6-7,9H2. The molecule has 0 aliphatic carbocycles. The molecule has 2 aromatic rings. The van der Waals surface area contributed by atoms with Gasteiger partial charge in [-0.2, -0.15) is 11.8 Å². The number of thioether (sulfide) groups is 1. The Morgan fingerprint density at radius 2 is 2.13 bits per heavy atom. The number of rotatable bonds is 5. The van der Waals surface area contributed by atoms with E-state index < -0.39 is 0 Å². The zero-order valence-electron chi connectivity index (χ0n) is 8.50. The van der Waals surface area contributed by atoms with E-state index in [1.54, 1.807) is 0 Å². The van der Waals surface area contributed by atoms with Crippen molar-refractivity contribution in [1.29, 1.82) is 0 Å². The molecule has 1 N–H and O–H groups in total. The Bertz CT molecular complexity index is 424. The predicted octanol–water partition coefficient (Wildman–Crippen LogP) is 4.03. The maximum Gasteiger partial charge on any atom is 0.0457 e. The molecule has 1 aromatic carbocycles. The molecule has 0 aliphatic rings. The lowest BCUT2D eigenvalue weighted by molar-refractivity contribution is 1.11. The number of halogens is 1. The minimum atomic E-state index is 0.765. The molecule has 2 rings (SSSR count). The number of hydrogen-bond donors (Lipinski definition) is 1. The number of aromatic nitrogens is 1. The maximum atomic E-state index is 5.64. The number of H-pyrrole nitrogens is 1. The molecule has 0 aliphatic heterocycles. The van der Waals surface area contributed by atoms with Crippen molar-refractivity contribution in [2.45, 2.75) is 12.2 Å². The fourth-order valence-electron chi connectivity index (χ4n) is 1.59. The number of benzene rings is 1. The molecule has 0 spiro atoms. The van der Waals surface area contributed by atoms with Crippen molar-refractivity contribution in [3.8, 4) is 0 Å². The van der Waals surface area contributed by atoms with E-state index >= 15 is 0 Å². The highest BCUT2D eigenvalue weighted by atomic mass is 35.5. The number of aromatic amines is 1. The van der Waals surface area contributed by atoms with Crippen molar-refractivity contribution in [2.24, 2.45) is 0 Å². The molecular weight excluding hydrogens is 226 g/mol. The number of para-hydroxylation sites is 1. The number of hydrogen-bond acceptors (Lipinski definition) is 1. The van der Waals surface area contributed by atoms with Gasteiger partial charge in [0.1, 0.15) is 0 Å². The van der Waals surface area contributed by atoms with Crippen LogP contribution in [0.1, 0.15) is 12.0 Å². The molecule has 1 heterocycles. The second-order valence-corrected chi connectivity index (χ2v) is 4.94. The molecule has 0 amide bonds. The Morgan fingerprint density at radius 1 is 1.27 bits per heavy atom. The number of fused-ring (bicyclic) bond motifs is 1. The summed E-state index contributed by atoms with van der Waals surface area (Å²) in [7, 11) is 0.